The number of hydrogen-bond acceptors (Lipinski definition) is 4. The third kappa shape index (κ3) is 2.56. The number of azo groups is 1. The third-order valence-electron chi connectivity index (χ3n) is 3.28. The molecule has 0 bridgehead atoms. The fourth-order valence-corrected chi connectivity index (χ4v) is 2.15. The normalized spacial score (nSPS) is 11.3. The Hall–Kier alpha value is -2.88. The van der Waals surface area contributed by atoms with E-state index in [9.17, 15) is 10.2 Å². The Labute approximate surface area is 122 Å². The highest BCUT2D eigenvalue weighted by Crippen LogP contribution is 2.36. The van der Waals surface area contributed by atoms with E-state index in [1.54, 1.807) is 24.3 Å². The second-order valence-electron chi connectivity index (χ2n) is 4.85. The monoisotopic (exact) mass is 278 g/mol. The van der Waals surface area contributed by atoms with Crippen molar-refractivity contribution in [2.75, 3.05) is 0 Å². The number of fused-ring (bicyclic) bond motifs is 1. The van der Waals surface area contributed by atoms with Crippen molar-refractivity contribution >= 4 is 22.1 Å². The molecule has 3 rings (SSSR count). The second-order valence-corrected chi connectivity index (χ2v) is 4.85. The molecule has 4 heteroatoms. The maximum atomic E-state index is 10.2. The first-order chi connectivity index (χ1) is 10.1. The van der Waals surface area contributed by atoms with Crippen molar-refractivity contribution in [3.05, 3.63) is 60.2 Å². The van der Waals surface area contributed by atoms with Crippen molar-refractivity contribution in [1.29, 1.82) is 0 Å². The van der Waals surface area contributed by atoms with Crippen LogP contribution >= 0.6 is 0 Å². The average molecular weight is 278 g/mol. The van der Waals surface area contributed by atoms with E-state index in [4.69, 9.17) is 0 Å². The summed E-state index contributed by atoms with van der Waals surface area (Å²) < 4.78 is 0. The van der Waals surface area contributed by atoms with Crippen LogP contribution in [-0.2, 0) is 0 Å². The van der Waals surface area contributed by atoms with Gasteiger partial charge >= 0.3 is 0 Å². The zero-order valence-corrected chi connectivity index (χ0v) is 11.5. The van der Waals surface area contributed by atoms with Crippen LogP contribution in [0, 0.1) is 6.92 Å². The molecule has 0 atom stereocenters. The van der Waals surface area contributed by atoms with Gasteiger partial charge in [-0.25, -0.2) is 0 Å². The Bertz CT molecular complexity index is 841. The molecule has 0 aliphatic rings. The van der Waals surface area contributed by atoms with E-state index in [1.807, 2.05) is 37.3 Å². The van der Waals surface area contributed by atoms with E-state index in [0.29, 0.717) is 11.4 Å². The number of rotatable bonds is 2. The van der Waals surface area contributed by atoms with Crippen LogP contribution in [-0.4, -0.2) is 10.2 Å². The van der Waals surface area contributed by atoms with Gasteiger partial charge in [0.05, 0.1) is 0 Å². The molecule has 2 N–H and O–H groups in total. The molecule has 3 aromatic carbocycles. The lowest BCUT2D eigenvalue weighted by Crippen LogP contribution is -1.75. The Morgan fingerprint density at radius 3 is 2.43 bits per heavy atom. The van der Waals surface area contributed by atoms with Crippen molar-refractivity contribution in [3.63, 3.8) is 0 Å². The second kappa shape index (κ2) is 5.25. The van der Waals surface area contributed by atoms with Crippen LogP contribution in [0.4, 0.5) is 11.4 Å². The minimum Gasteiger partial charge on any atom is -0.506 e. The standard InChI is InChI=1S/C17H14N2O2/c1-11-6-9-16(20)15(10-11)19-18-14-8-7-12-4-2-3-5-13(12)17(14)21/h2-10,20-21H,1H3. The minimum absolute atomic E-state index is 0.0598. The molecule has 0 saturated carbocycles. The highest BCUT2D eigenvalue weighted by Gasteiger charge is 2.06. The quantitative estimate of drug-likeness (QED) is 0.649. The van der Waals surface area contributed by atoms with Crippen molar-refractivity contribution in [3.8, 4) is 11.5 Å². The first kappa shape index (κ1) is 13.1. The highest BCUT2D eigenvalue weighted by molar-refractivity contribution is 5.92. The number of hydrogen-bond donors (Lipinski definition) is 2. The summed E-state index contributed by atoms with van der Waals surface area (Å²) in [4.78, 5) is 0. The van der Waals surface area contributed by atoms with Crippen molar-refractivity contribution < 1.29 is 10.2 Å². The minimum atomic E-state index is 0.0598. The van der Waals surface area contributed by atoms with Crippen LogP contribution in [0.25, 0.3) is 10.8 Å². The van der Waals surface area contributed by atoms with Gasteiger partial charge in [-0.15, -0.1) is 10.2 Å². The summed E-state index contributed by atoms with van der Waals surface area (Å²) in [7, 11) is 0. The molecule has 0 aromatic heterocycles. The number of benzene rings is 3. The summed E-state index contributed by atoms with van der Waals surface area (Å²) in [5, 5.41) is 29.7. The predicted molar refractivity (Wildman–Crippen MR) is 82.6 cm³/mol. The molecule has 0 unspecified atom stereocenters. The van der Waals surface area contributed by atoms with Crippen molar-refractivity contribution in [2.24, 2.45) is 10.2 Å². The lowest BCUT2D eigenvalue weighted by atomic mass is 10.1. The van der Waals surface area contributed by atoms with E-state index in [1.165, 1.54) is 0 Å². The summed E-state index contributed by atoms with van der Waals surface area (Å²) >= 11 is 0. The molecule has 0 radical (unpaired) electrons. The number of phenolic OH excluding ortho intramolecular Hbond substituents is 2. The summed E-state index contributed by atoms with van der Waals surface area (Å²) in [6, 6.07) is 16.2. The Morgan fingerprint density at radius 1 is 0.810 bits per heavy atom. The Morgan fingerprint density at radius 2 is 1.57 bits per heavy atom. The van der Waals surface area contributed by atoms with E-state index < -0.39 is 0 Å². The van der Waals surface area contributed by atoms with Gasteiger partial charge in [0.15, 0.2) is 5.75 Å². The van der Waals surface area contributed by atoms with Gasteiger partial charge in [0, 0.05) is 5.39 Å². The first-order valence-corrected chi connectivity index (χ1v) is 6.57. The molecule has 0 saturated heterocycles. The van der Waals surface area contributed by atoms with E-state index in [-0.39, 0.29) is 11.5 Å². The van der Waals surface area contributed by atoms with Gasteiger partial charge in [-0.05, 0) is 36.1 Å². The third-order valence-corrected chi connectivity index (χ3v) is 3.28. The summed E-state index contributed by atoms with van der Waals surface area (Å²) in [6.07, 6.45) is 0. The first-order valence-electron chi connectivity index (χ1n) is 6.57. The number of aryl methyl sites for hydroxylation is 1. The smallest absolute Gasteiger partial charge is 0.150 e. The number of aromatic hydroxyl groups is 2. The molecular formula is C17H14N2O2. The van der Waals surface area contributed by atoms with Gasteiger partial charge in [0.25, 0.3) is 0 Å². The molecule has 0 amide bonds. The molecular weight excluding hydrogens is 264 g/mol. The van der Waals surface area contributed by atoms with Gasteiger partial charge in [-0.1, -0.05) is 36.4 Å². The van der Waals surface area contributed by atoms with Crippen molar-refractivity contribution in [1.82, 2.24) is 0 Å². The summed E-state index contributed by atoms with van der Waals surface area (Å²) in [6.45, 7) is 1.91. The molecule has 0 aliphatic heterocycles. The molecule has 4 nitrogen and oxygen atoms in total. The molecule has 0 fully saturated rings. The van der Waals surface area contributed by atoms with Gasteiger partial charge in [0.2, 0.25) is 0 Å². The van der Waals surface area contributed by atoms with Crippen LogP contribution in [0.1, 0.15) is 5.56 Å². The largest absolute Gasteiger partial charge is 0.506 e. The van der Waals surface area contributed by atoms with Gasteiger partial charge in [-0.2, -0.15) is 0 Å². The topological polar surface area (TPSA) is 65.2 Å². The van der Waals surface area contributed by atoms with Crippen LogP contribution in [0.2, 0.25) is 0 Å². The Balaban J connectivity index is 2.03. The lowest BCUT2D eigenvalue weighted by Gasteiger charge is -2.03. The number of nitrogens with zero attached hydrogens (tertiary/aromatic N) is 2. The maximum absolute atomic E-state index is 10.2. The van der Waals surface area contributed by atoms with E-state index in [2.05, 4.69) is 10.2 Å². The van der Waals surface area contributed by atoms with Crippen molar-refractivity contribution in [2.45, 2.75) is 6.92 Å². The van der Waals surface area contributed by atoms with Crippen LogP contribution < -0.4 is 0 Å². The fourth-order valence-electron chi connectivity index (χ4n) is 2.15. The average Bonchev–Trinajstić information content (AvgIpc) is 2.50. The molecule has 3 aromatic rings. The zero-order valence-electron chi connectivity index (χ0n) is 11.5. The Kier molecular flexibility index (Phi) is 3.28. The van der Waals surface area contributed by atoms with E-state index >= 15 is 0 Å². The number of phenols is 2. The van der Waals surface area contributed by atoms with Gasteiger partial charge < -0.3 is 10.2 Å². The van der Waals surface area contributed by atoms with Gasteiger partial charge in [0.1, 0.15) is 17.1 Å². The zero-order chi connectivity index (χ0) is 14.8. The lowest BCUT2D eigenvalue weighted by molar-refractivity contribution is 0.475. The molecule has 104 valence electrons. The molecule has 21 heavy (non-hydrogen) atoms. The van der Waals surface area contributed by atoms with Crippen LogP contribution in [0.5, 0.6) is 11.5 Å². The molecule has 0 heterocycles. The van der Waals surface area contributed by atoms with E-state index in [0.717, 1.165) is 16.3 Å². The summed E-state index contributed by atoms with van der Waals surface area (Å²) in [5.74, 6) is 0.147. The van der Waals surface area contributed by atoms with Gasteiger partial charge in [-0.3, -0.25) is 0 Å². The SMILES string of the molecule is Cc1ccc(O)c(N=Nc2ccc3ccccc3c2O)c1. The van der Waals surface area contributed by atoms with Crippen LogP contribution in [0.15, 0.2) is 64.8 Å². The maximum Gasteiger partial charge on any atom is 0.150 e. The predicted octanol–water partition coefficient (Wildman–Crippen LogP) is 4.97. The van der Waals surface area contributed by atoms with Crippen LogP contribution in [0.3, 0.4) is 0 Å². The molecule has 0 aliphatic carbocycles. The molecule has 0 spiro atoms. The summed E-state index contributed by atoms with van der Waals surface area (Å²) in [5.41, 5.74) is 1.72. The highest BCUT2D eigenvalue weighted by atomic mass is 16.3. The fraction of sp³-hybridized carbons (Fsp3) is 0.0588.